The molecular weight excluding hydrogens is 252 g/mol. The van der Waals surface area contributed by atoms with E-state index in [9.17, 15) is 5.11 Å². The second kappa shape index (κ2) is 6.95. The van der Waals surface area contributed by atoms with Gasteiger partial charge in [-0.15, -0.1) is 0 Å². The molecule has 1 aliphatic heterocycles. The van der Waals surface area contributed by atoms with Crippen molar-refractivity contribution in [3.63, 3.8) is 0 Å². The van der Waals surface area contributed by atoms with Crippen molar-refractivity contribution >= 4 is 0 Å². The van der Waals surface area contributed by atoms with Crippen LogP contribution in [0.2, 0.25) is 0 Å². The van der Waals surface area contributed by atoms with E-state index < -0.39 is 0 Å². The van der Waals surface area contributed by atoms with E-state index in [1.165, 1.54) is 19.4 Å². The number of benzene rings is 1. The van der Waals surface area contributed by atoms with Crippen molar-refractivity contribution in [2.45, 2.75) is 38.8 Å². The number of nitrogens with zero attached hydrogens (tertiary/aromatic N) is 1. The topological polar surface area (TPSA) is 44.7 Å². The first kappa shape index (κ1) is 15.1. The average molecular weight is 278 g/mol. The largest absolute Gasteiger partial charge is 0.507 e. The SMILES string of the molecule is CCN1CCCC(NC(C)c2ccc(OC)cc2O)C1. The van der Waals surface area contributed by atoms with E-state index in [-0.39, 0.29) is 6.04 Å². The Hall–Kier alpha value is -1.26. The molecule has 2 atom stereocenters. The summed E-state index contributed by atoms with van der Waals surface area (Å²) >= 11 is 0. The van der Waals surface area contributed by atoms with Gasteiger partial charge in [-0.25, -0.2) is 0 Å². The van der Waals surface area contributed by atoms with Gasteiger partial charge in [-0.2, -0.15) is 0 Å². The third-order valence-corrected chi connectivity index (χ3v) is 4.14. The number of phenols is 1. The molecule has 1 aliphatic rings. The van der Waals surface area contributed by atoms with Crippen molar-refractivity contribution in [3.05, 3.63) is 23.8 Å². The summed E-state index contributed by atoms with van der Waals surface area (Å²) in [6, 6.07) is 6.15. The number of ether oxygens (including phenoxy) is 1. The van der Waals surface area contributed by atoms with Gasteiger partial charge >= 0.3 is 0 Å². The zero-order valence-corrected chi connectivity index (χ0v) is 12.7. The summed E-state index contributed by atoms with van der Waals surface area (Å²) in [6.45, 7) is 7.72. The number of likely N-dealkylation sites (tertiary alicyclic amines) is 1. The molecule has 0 bridgehead atoms. The van der Waals surface area contributed by atoms with Gasteiger partial charge < -0.3 is 20.1 Å². The average Bonchev–Trinajstić information content (AvgIpc) is 2.47. The summed E-state index contributed by atoms with van der Waals surface area (Å²) in [4.78, 5) is 2.47. The molecule has 1 fully saturated rings. The van der Waals surface area contributed by atoms with Crippen LogP contribution >= 0.6 is 0 Å². The van der Waals surface area contributed by atoms with Gasteiger partial charge in [0, 0.05) is 30.3 Å². The van der Waals surface area contributed by atoms with E-state index in [1.807, 2.05) is 12.1 Å². The fourth-order valence-corrected chi connectivity index (χ4v) is 2.94. The predicted octanol–water partition coefficient (Wildman–Crippen LogP) is 2.54. The Morgan fingerprint density at radius 1 is 1.50 bits per heavy atom. The lowest BCUT2D eigenvalue weighted by Gasteiger charge is -2.34. The first-order valence-electron chi connectivity index (χ1n) is 7.49. The molecule has 1 saturated heterocycles. The van der Waals surface area contributed by atoms with Gasteiger partial charge in [-0.05, 0) is 38.9 Å². The number of hydrogen-bond acceptors (Lipinski definition) is 4. The lowest BCUT2D eigenvalue weighted by molar-refractivity contribution is 0.192. The van der Waals surface area contributed by atoms with Gasteiger partial charge in [0.25, 0.3) is 0 Å². The van der Waals surface area contributed by atoms with Crippen molar-refractivity contribution in [1.82, 2.24) is 10.2 Å². The monoisotopic (exact) mass is 278 g/mol. The molecule has 4 heteroatoms. The molecule has 2 N–H and O–H groups in total. The van der Waals surface area contributed by atoms with Gasteiger partial charge in [0.15, 0.2) is 0 Å². The number of methoxy groups -OCH3 is 1. The van der Waals surface area contributed by atoms with Crippen molar-refractivity contribution in [3.8, 4) is 11.5 Å². The number of nitrogens with one attached hydrogen (secondary N) is 1. The van der Waals surface area contributed by atoms with Crippen molar-refractivity contribution in [1.29, 1.82) is 0 Å². The maximum absolute atomic E-state index is 10.1. The standard InChI is InChI=1S/C16H26N2O2/c1-4-18-9-5-6-13(11-18)17-12(2)15-8-7-14(20-3)10-16(15)19/h7-8,10,12-13,17,19H,4-6,9,11H2,1-3H3. The zero-order chi connectivity index (χ0) is 14.5. The van der Waals surface area contributed by atoms with Crippen molar-refractivity contribution < 1.29 is 9.84 Å². The molecular formula is C16H26N2O2. The molecule has 112 valence electrons. The summed E-state index contributed by atoms with van der Waals surface area (Å²) in [6.07, 6.45) is 2.45. The zero-order valence-electron chi connectivity index (χ0n) is 12.7. The van der Waals surface area contributed by atoms with Crippen LogP contribution in [0.15, 0.2) is 18.2 Å². The molecule has 0 amide bonds. The maximum atomic E-state index is 10.1. The Morgan fingerprint density at radius 2 is 2.30 bits per heavy atom. The minimum Gasteiger partial charge on any atom is -0.507 e. The highest BCUT2D eigenvalue weighted by molar-refractivity contribution is 5.41. The van der Waals surface area contributed by atoms with Gasteiger partial charge in [-0.1, -0.05) is 13.0 Å². The number of aromatic hydroxyl groups is 1. The minimum atomic E-state index is 0.141. The Balaban J connectivity index is 1.99. The van der Waals surface area contributed by atoms with Crippen LogP contribution in [-0.4, -0.2) is 42.8 Å². The molecule has 2 rings (SSSR count). The molecule has 0 radical (unpaired) electrons. The van der Waals surface area contributed by atoms with E-state index in [1.54, 1.807) is 13.2 Å². The summed E-state index contributed by atoms with van der Waals surface area (Å²) in [5, 5.41) is 13.7. The first-order valence-corrected chi connectivity index (χ1v) is 7.49. The van der Waals surface area contributed by atoms with Crippen LogP contribution in [0, 0.1) is 0 Å². The Labute approximate surface area is 121 Å². The van der Waals surface area contributed by atoms with Gasteiger partial charge in [0.05, 0.1) is 7.11 Å². The van der Waals surface area contributed by atoms with Crippen molar-refractivity contribution in [2.75, 3.05) is 26.7 Å². The molecule has 1 aromatic rings. The highest BCUT2D eigenvalue weighted by Crippen LogP contribution is 2.29. The highest BCUT2D eigenvalue weighted by atomic mass is 16.5. The van der Waals surface area contributed by atoms with Gasteiger partial charge in [0.1, 0.15) is 11.5 Å². The predicted molar refractivity (Wildman–Crippen MR) is 81.3 cm³/mol. The Kier molecular flexibility index (Phi) is 5.26. The van der Waals surface area contributed by atoms with E-state index >= 15 is 0 Å². The number of hydrogen-bond donors (Lipinski definition) is 2. The van der Waals surface area contributed by atoms with Crippen LogP contribution in [0.25, 0.3) is 0 Å². The number of piperidine rings is 1. The molecule has 20 heavy (non-hydrogen) atoms. The minimum absolute atomic E-state index is 0.141. The molecule has 1 heterocycles. The molecule has 0 aliphatic carbocycles. The summed E-state index contributed by atoms with van der Waals surface area (Å²) in [5.74, 6) is 0.987. The fraction of sp³-hybridized carbons (Fsp3) is 0.625. The Bertz CT molecular complexity index is 436. The number of rotatable bonds is 5. The third-order valence-electron chi connectivity index (χ3n) is 4.14. The van der Waals surface area contributed by atoms with Gasteiger partial charge in [0.2, 0.25) is 0 Å². The molecule has 4 nitrogen and oxygen atoms in total. The van der Waals surface area contributed by atoms with E-state index in [0.29, 0.717) is 17.5 Å². The van der Waals surface area contributed by atoms with Crippen LogP contribution in [0.5, 0.6) is 11.5 Å². The first-order chi connectivity index (χ1) is 9.63. The van der Waals surface area contributed by atoms with E-state index in [4.69, 9.17) is 4.74 Å². The molecule has 2 unspecified atom stereocenters. The summed E-state index contributed by atoms with van der Waals surface area (Å²) in [5.41, 5.74) is 0.930. The lowest BCUT2D eigenvalue weighted by Crippen LogP contribution is -2.46. The second-order valence-corrected chi connectivity index (χ2v) is 5.55. The highest BCUT2D eigenvalue weighted by Gasteiger charge is 2.21. The number of phenolic OH excluding ortho intramolecular Hbond substituents is 1. The molecule has 0 saturated carbocycles. The molecule has 0 spiro atoms. The smallest absolute Gasteiger partial charge is 0.124 e. The maximum Gasteiger partial charge on any atom is 0.124 e. The van der Waals surface area contributed by atoms with E-state index in [0.717, 1.165) is 18.7 Å². The lowest BCUT2D eigenvalue weighted by atomic mass is 10.0. The van der Waals surface area contributed by atoms with Crippen LogP contribution in [0.1, 0.15) is 38.3 Å². The van der Waals surface area contributed by atoms with Crippen LogP contribution in [-0.2, 0) is 0 Å². The number of likely N-dealkylation sites (N-methyl/N-ethyl adjacent to an activating group) is 1. The third kappa shape index (κ3) is 3.64. The second-order valence-electron chi connectivity index (χ2n) is 5.55. The van der Waals surface area contributed by atoms with Crippen LogP contribution in [0.3, 0.4) is 0 Å². The van der Waals surface area contributed by atoms with Gasteiger partial charge in [-0.3, -0.25) is 0 Å². The fourth-order valence-electron chi connectivity index (χ4n) is 2.94. The summed E-state index contributed by atoms with van der Waals surface area (Å²) < 4.78 is 5.12. The van der Waals surface area contributed by atoms with Crippen molar-refractivity contribution in [2.24, 2.45) is 0 Å². The molecule has 0 aromatic heterocycles. The van der Waals surface area contributed by atoms with Crippen LogP contribution < -0.4 is 10.1 Å². The quantitative estimate of drug-likeness (QED) is 0.869. The van der Waals surface area contributed by atoms with E-state index in [2.05, 4.69) is 24.1 Å². The van der Waals surface area contributed by atoms with Crippen LogP contribution in [0.4, 0.5) is 0 Å². The normalized spacial score (nSPS) is 21.6. The Morgan fingerprint density at radius 3 is 2.95 bits per heavy atom. The molecule has 1 aromatic carbocycles. The summed E-state index contributed by atoms with van der Waals surface area (Å²) in [7, 11) is 1.61.